The van der Waals surface area contributed by atoms with Crippen molar-refractivity contribution in [3.63, 3.8) is 0 Å². The second kappa shape index (κ2) is 8.39. The topological polar surface area (TPSA) is 113 Å². The summed E-state index contributed by atoms with van der Waals surface area (Å²) in [6.45, 7) is 5.68. The first kappa shape index (κ1) is 21.4. The maximum Gasteiger partial charge on any atom is 0.329 e. The molecule has 1 aliphatic rings. The van der Waals surface area contributed by atoms with E-state index in [2.05, 4.69) is 17.0 Å². The summed E-state index contributed by atoms with van der Waals surface area (Å²) in [6.07, 6.45) is 3.24. The van der Waals surface area contributed by atoms with E-state index in [4.69, 9.17) is 0 Å². The number of hydrogen-bond donors (Lipinski definition) is 3. The molecule has 0 unspecified atom stereocenters. The molecule has 7 nitrogen and oxygen atoms in total. The Morgan fingerprint density at radius 3 is 2.37 bits per heavy atom. The van der Waals surface area contributed by atoms with Gasteiger partial charge in [-0.2, -0.15) is 0 Å². The van der Waals surface area contributed by atoms with E-state index in [1.54, 1.807) is 19.9 Å². The quantitative estimate of drug-likeness (QED) is 0.655. The van der Waals surface area contributed by atoms with E-state index >= 15 is 0 Å². The van der Waals surface area contributed by atoms with Gasteiger partial charge in [0.1, 0.15) is 5.54 Å². The molecule has 3 N–H and O–H groups in total. The Morgan fingerprint density at radius 1 is 1.22 bits per heavy atom. The summed E-state index contributed by atoms with van der Waals surface area (Å²) >= 11 is 0. The Balaban J connectivity index is 2.30. The van der Waals surface area contributed by atoms with E-state index in [1.165, 1.54) is 12.1 Å². The van der Waals surface area contributed by atoms with Crippen molar-refractivity contribution in [3.8, 4) is 0 Å². The largest absolute Gasteiger partial charge is 0.480 e. The molecule has 0 radical (unpaired) electrons. The van der Waals surface area contributed by atoms with Gasteiger partial charge in [-0.25, -0.2) is 17.9 Å². The first-order valence-corrected chi connectivity index (χ1v) is 10.8. The third-order valence-electron chi connectivity index (χ3n) is 5.40. The third kappa shape index (κ3) is 4.68. The summed E-state index contributed by atoms with van der Waals surface area (Å²) in [7, 11) is -3.70. The highest BCUT2D eigenvalue weighted by Crippen LogP contribution is 2.34. The van der Waals surface area contributed by atoms with Crippen molar-refractivity contribution in [2.75, 3.05) is 6.54 Å². The molecule has 0 atom stereocenters. The first-order chi connectivity index (χ1) is 12.6. The summed E-state index contributed by atoms with van der Waals surface area (Å²) in [5.41, 5.74) is -0.538. The van der Waals surface area contributed by atoms with Crippen LogP contribution in [0.1, 0.15) is 61.9 Å². The standard InChI is InChI=1S/C19H28N2O5S/c1-4-14-8-10-19(11-9-14,18(23)24)21-17(22)16-12-15(7-6-13(16)3)27(25,26)20-5-2/h6-7,12,14,20H,4-5,8-11H2,1-3H3,(H,21,22)(H,23,24). The number of carboxylic acid groups (broad SMARTS) is 1. The van der Waals surface area contributed by atoms with E-state index in [0.717, 1.165) is 19.3 Å². The molecule has 0 spiro atoms. The van der Waals surface area contributed by atoms with Crippen LogP contribution in [0.3, 0.4) is 0 Å². The summed E-state index contributed by atoms with van der Waals surface area (Å²) in [5.74, 6) is -1.12. The van der Waals surface area contributed by atoms with Gasteiger partial charge in [0.2, 0.25) is 10.0 Å². The van der Waals surface area contributed by atoms with Gasteiger partial charge in [-0.15, -0.1) is 0 Å². The van der Waals surface area contributed by atoms with E-state index < -0.39 is 27.4 Å². The van der Waals surface area contributed by atoms with Crippen LogP contribution in [0, 0.1) is 12.8 Å². The molecule has 1 fully saturated rings. The minimum Gasteiger partial charge on any atom is -0.480 e. The van der Waals surface area contributed by atoms with Crippen molar-refractivity contribution in [1.82, 2.24) is 10.0 Å². The van der Waals surface area contributed by atoms with Crippen LogP contribution in [0.5, 0.6) is 0 Å². The molecule has 150 valence electrons. The Kier molecular flexibility index (Phi) is 6.64. The normalized spacial score (nSPS) is 23.0. The van der Waals surface area contributed by atoms with Gasteiger partial charge in [0, 0.05) is 12.1 Å². The second-order valence-electron chi connectivity index (χ2n) is 7.17. The number of nitrogens with one attached hydrogen (secondary N) is 2. The molecule has 0 aliphatic heterocycles. The summed E-state index contributed by atoms with van der Waals surface area (Å²) < 4.78 is 26.8. The molecule has 1 saturated carbocycles. The van der Waals surface area contributed by atoms with Crippen molar-refractivity contribution >= 4 is 21.9 Å². The van der Waals surface area contributed by atoms with Crippen LogP contribution in [-0.2, 0) is 14.8 Å². The number of carbonyl (C=O) groups is 2. The number of hydrogen-bond acceptors (Lipinski definition) is 4. The van der Waals surface area contributed by atoms with Gasteiger partial charge < -0.3 is 10.4 Å². The molecule has 1 amide bonds. The zero-order valence-electron chi connectivity index (χ0n) is 16.0. The zero-order chi connectivity index (χ0) is 20.2. The summed E-state index contributed by atoms with van der Waals surface area (Å²) in [4.78, 5) is 24.7. The van der Waals surface area contributed by atoms with Gasteiger partial charge in [-0.05, 0) is 56.2 Å². The Labute approximate surface area is 160 Å². The molecule has 8 heteroatoms. The number of carboxylic acids is 1. The summed E-state index contributed by atoms with van der Waals surface area (Å²) in [5, 5.41) is 12.4. The SMILES string of the molecule is CCNS(=O)(=O)c1ccc(C)c(C(=O)NC2(C(=O)O)CCC(CC)CC2)c1. The average molecular weight is 397 g/mol. The predicted octanol–water partition coefficient (Wildman–Crippen LogP) is 2.45. The van der Waals surface area contributed by atoms with Crippen molar-refractivity contribution in [3.05, 3.63) is 29.3 Å². The number of sulfonamides is 1. The molecule has 1 aliphatic carbocycles. The van der Waals surface area contributed by atoms with Gasteiger partial charge in [-0.1, -0.05) is 26.3 Å². The van der Waals surface area contributed by atoms with Crippen molar-refractivity contribution in [2.24, 2.45) is 5.92 Å². The Bertz CT molecular complexity index is 811. The van der Waals surface area contributed by atoms with E-state index in [9.17, 15) is 23.1 Å². The number of rotatable bonds is 7. The molecule has 0 bridgehead atoms. The molecule has 1 aromatic carbocycles. The lowest BCUT2D eigenvalue weighted by Crippen LogP contribution is -2.56. The first-order valence-electron chi connectivity index (χ1n) is 9.31. The molecule has 2 rings (SSSR count). The van der Waals surface area contributed by atoms with Gasteiger partial charge in [0.15, 0.2) is 0 Å². The van der Waals surface area contributed by atoms with Crippen molar-refractivity contribution in [1.29, 1.82) is 0 Å². The Morgan fingerprint density at radius 2 is 1.85 bits per heavy atom. The van der Waals surface area contributed by atoms with Crippen LogP contribution in [0.15, 0.2) is 23.1 Å². The third-order valence-corrected chi connectivity index (χ3v) is 6.94. The highest BCUT2D eigenvalue weighted by Gasteiger charge is 2.43. The second-order valence-corrected chi connectivity index (χ2v) is 8.94. The van der Waals surface area contributed by atoms with Gasteiger partial charge in [0.05, 0.1) is 4.90 Å². The molecular formula is C19H28N2O5S. The molecular weight excluding hydrogens is 368 g/mol. The maximum absolute atomic E-state index is 12.8. The fraction of sp³-hybridized carbons (Fsp3) is 0.579. The van der Waals surface area contributed by atoms with Crippen molar-refractivity contribution < 1.29 is 23.1 Å². The van der Waals surface area contributed by atoms with E-state index in [-0.39, 0.29) is 17.0 Å². The zero-order valence-corrected chi connectivity index (χ0v) is 16.9. The number of aliphatic carboxylic acids is 1. The molecule has 27 heavy (non-hydrogen) atoms. The molecule has 1 aromatic rings. The molecule has 0 saturated heterocycles. The van der Waals surface area contributed by atoms with E-state index in [0.29, 0.717) is 24.3 Å². The lowest BCUT2D eigenvalue weighted by atomic mass is 9.75. The molecule has 0 heterocycles. The van der Waals surface area contributed by atoms with Crippen LogP contribution < -0.4 is 10.0 Å². The maximum atomic E-state index is 12.8. The highest BCUT2D eigenvalue weighted by molar-refractivity contribution is 7.89. The predicted molar refractivity (Wildman–Crippen MR) is 102 cm³/mol. The van der Waals surface area contributed by atoms with Gasteiger partial charge >= 0.3 is 5.97 Å². The fourth-order valence-corrected chi connectivity index (χ4v) is 4.61. The van der Waals surface area contributed by atoms with Crippen LogP contribution in [0.25, 0.3) is 0 Å². The minimum atomic E-state index is -3.70. The highest BCUT2D eigenvalue weighted by atomic mass is 32.2. The number of carbonyl (C=O) groups excluding carboxylic acids is 1. The monoisotopic (exact) mass is 396 g/mol. The minimum absolute atomic E-state index is 0.0147. The van der Waals surface area contributed by atoms with Gasteiger partial charge in [-0.3, -0.25) is 4.79 Å². The number of benzene rings is 1. The van der Waals surface area contributed by atoms with Crippen LogP contribution in [0.2, 0.25) is 0 Å². The summed E-state index contributed by atoms with van der Waals surface area (Å²) in [6, 6.07) is 4.29. The van der Waals surface area contributed by atoms with Crippen LogP contribution in [0.4, 0.5) is 0 Å². The average Bonchev–Trinajstić information content (AvgIpc) is 2.62. The number of aryl methyl sites for hydroxylation is 1. The Hall–Kier alpha value is -1.93. The lowest BCUT2D eigenvalue weighted by Gasteiger charge is -2.37. The van der Waals surface area contributed by atoms with Crippen LogP contribution >= 0.6 is 0 Å². The van der Waals surface area contributed by atoms with Gasteiger partial charge in [0.25, 0.3) is 5.91 Å². The van der Waals surface area contributed by atoms with Crippen molar-refractivity contribution in [2.45, 2.75) is 63.3 Å². The smallest absolute Gasteiger partial charge is 0.329 e. The number of amides is 1. The van der Waals surface area contributed by atoms with E-state index in [1.807, 2.05) is 0 Å². The van der Waals surface area contributed by atoms with Crippen LogP contribution in [-0.4, -0.2) is 37.5 Å². The lowest BCUT2D eigenvalue weighted by molar-refractivity contribution is -0.146. The fourth-order valence-electron chi connectivity index (χ4n) is 3.54. The molecule has 0 aromatic heterocycles.